The molecule has 3 aromatic rings. The number of rotatable bonds is 3. The fraction of sp³-hybridized carbons (Fsp3) is 0.444. The molecule has 0 radical (unpaired) electrons. The van der Waals surface area contributed by atoms with Gasteiger partial charge in [-0.2, -0.15) is 5.10 Å². The summed E-state index contributed by atoms with van der Waals surface area (Å²) in [5, 5.41) is 9.29. The highest BCUT2D eigenvalue weighted by Crippen LogP contribution is 2.25. The molecule has 1 unspecified atom stereocenters. The number of nitrogens with zero attached hydrogens (tertiary/aromatic N) is 6. The first kappa shape index (κ1) is 14.6. The average Bonchev–Trinajstić information content (AvgIpc) is 3.34. The molecule has 1 atom stereocenters. The Hall–Kier alpha value is -2.70. The van der Waals surface area contributed by atoms with Gasteiger partial charge in [-0.15, -0.1) is 5.10 Å². The van der Waals surface area contributed by atoms with Crippen molar-refractivity contribution in [2.24, 2.45) is 0 Å². The normalized spacial score (nSPS) is 19.7. The fourth-order valence-electron chi connectivity index (χ4n) is 4.06. The van der Waals surface area contributed by atoms with Gasteiger partial charge in [-0.25, -0.2) is 14.2 Å². The molecule has 0 amide bonds. The molecule has 7 heteroatoms. The van der Waals surface area contributed by atoms with Crippen LogP contribution in [0.15, 0.2) is 35.4 Å². The third-order valence-corrected chi connectivity index (χ3v) is 5.32. The van der Waals surface area contributed by atoms with Crippen LogP contribution in [0.3, 0.4) is 0 Å². The lowest BCUT2D eigenvalue weighted by atomic mass is 10.2. The summed E-state index contributed by atoms with van der Waals surface area (Å²) in [6.45, 7) is 1.58. The van der Waals surface area contributed by atoms with Crippen molar-refractivity contribution < 1.29 is 0 Å². The molecule has 0 saturated carbocycles. The molecular formula is C18H20N6O. The highest BCUT2D eigenvalue weighted by atomic mass is 16.1. The molecular weight excluding hydrogens is 316 g/mol. The largest absolute Gasteiger partial charge is 0.350 e. The Balaban J connectivity index is 1.44. The molecule has 4 heterocycles. The molecule has 1 aliphatic carbocycles. The van der Waals surface area contributed by atoms with E-state index in [1.54, 1.807) is 21.5 Å². The zero-order valence-electron chi connectivity index (χ0n) is 14.0. The number of aryl methyl sites for hydroxylation is 2. The maximum absolute atomic E-state index is 12.4. The molecule has 1 saturated heterocycles. The van der Waals surface area contributed by atoms with E-state index in [0.29, 0.717) is 6.54 Å². The molecule has 128 valence electrons. The van der Waals surface area contributed by atoms with E-state index in [1.807, 2.05) is 18.3 Å². The quantitative estimate of drug-likeness (QED) is 0.724. The molecule has 1 fully saturated rings. The minimum atomic E-state index is 0.0190. The minimum absolute atomic E-state index is 0.0190. The summed E-state index contributed by atoms with van der Waals surface area (Å²) in [5.74, 6) is 0.933. The van der Waals surface area contributed by atoms with Gasteiger partial charge in [0.1, 0.15) is 5.82 Å². The Labute approximate surface area is 144 Å². The fourth-order valence-corrected chi connectivity index (χ4v) is 4.06. The van der Waals surface area contributed by atoms with E-state index in [-0.39, 0.29) is 11.6 Å². The lowest BCUT2D eigenvalue weighted by Gasteiger charge is -2.25. The molecule has 7 nitrogen and oxygen atoms in total. The number of anilines is 1. The number of aromatic nitrogens is 5. The van der Waals surface area contributed by atoms with Crippen molar-refractivity contribution in [2.45, 2.75) is 44.7 Å². The number of hydrogen-bond donors (Lipinski definition) is 0. The van der Waals surface area contributed by atoms with Crippen LogP contribution in [0.4, 0.5) is 5.82 Å². The smallest absolute Gasteiger partial charge is 0.267 e. The third kappa shape index (κ3) is 2.50. The monoisotopic (exact) mass is 336 g/mol. The van der Waals surface area contributed by atoms with E-state index in [9.17, 15) is 4.79 Å². The van der Waals surface area contributed by atoms with Crippen LogP contribution in [0, 0.1) is 0 Å². The van der Waals surface area contributed by atoms with Gasteiger partial charge in [0.2, 0.25) is 0 Å². The predicted octanol–water partition coefficient (Wildman–Crippen LogP) is 1.44. The van der Waals surface area contributed by atoms with Crippen molar-refractivity contribution in [3.8, 4) is 0 Å². The van der Waals surface area contributed by atoms with E-state index in [0.717, 1.165) is 61.4 Å². The lowest BCUT2D eigenvalue weighted by Crippen LogP contribution is -2.38. The zero-order chi connectivity index (χ0) is 16.8. The summed E-state index contributed by atoms with van der Waals surface area (Å²) >= 11 is 0. The van der Waals surface area contributed by atoms with Gasteiger partial charge in [-0.1, -0.05) is 0 Å². The van der Waals surface area contributed by atoms with Gasteiger partial charge in [-0.3, -0.25) is 4.79 Å². The van der Waals surface area contributed by atoms with Crippen molar-refractivity contribution in [2.75, 3.05) is 11.4 Å². The van der Waals surface area contributed by atoms with E-state index in [2.05, 4.69) is 20.1 Å². The number of fused-ring (bicyclic) bond motifs is 2. The van der Waals surface area contributed by atoms with Crippen LogP contribution in [-0.2, 0) is 19.4 Å². The second-order valence-electron chi connectivity index (χ2n) is 6.90. The van der Waals surface area contributed by atoms with Crippen LogP contribution in [0.2, 0.25) is 0 Å². The lowest BCUT2D eigenvalue weighted by molar-refractivity contribution is 0.481. The van der Waals surface area contributed by atoms with E-state index in [1.165, 1.54) is 0 Å². The van der Waals surface area contributed by atoms with Gasteiger partial charge in [0.25, 0.3) is 5.56 Å². The molecule has 0 spiro atoms. The Morgan fingerprint density at radius 2 is 2.12 bits per heavy atom. The second kappa shape index (κ2) is 5.68. The molecule has 0 aromatic carbocycles. The third-order valence-electron chi connectivity index (χ3n) is 5.32. The van der Waals surface area contributed by atoms with Crippen molar-refractivity contribution in [1.82, 2.24) is 24.4 Å². The van der Waals surface area contributed by atoms with Gasteiger partial charge in [0.05, 0.1) is 18.3 Å². The van der Waals surface area contributed by atoms with Gasteiger partial charge >= 0.3 is 0 Å². The molecule has 3 aromatic heterocycles. The average molecular weight is 336 g/mol. The summed E-state index contributed by atoms with van der Waals surface area (Å²) in [5.41, 5.74) is 3.10. The van der Waals surface area contributed by atoms with Gasteiger partial charge in [-0.05, 0) is 49.8 Å². The number of imidazole rings is 1. The van der Waals surface area contributed by atoms with Crippen LogP contribution in [-0.4, -0.2) is 37.0 Å². The summed E-state index contributed by atoms with van der Waals surface area (Å²) in [7, 11) is 0. The maximum Gasteiger partial charge on any atom is 0.267 e. The molecule has 1 aliphatic heterocycles. The van der Waals surface area contributed by atoms with Gasteiger partial charge in [0, 0.05) is 25.0 Å². The van der Waals surface area contributed by atoms with Crippen LogP contribution in [0.25, 0.3) is 5.65 Å². The highest BCUT2D eigenvalue weighted by Gasteiger charge is 2.27. The van der Waals surface area contributed by atoms with Gasteiger partial charge in [0.15, 0.2) is 5.65 Å². The molecule has 2 aliphatic rings. The molecule has 5 rings (SSSR count). The second-order valence-corrected chi connectivity index (χ2v) is 6.90. The van der Waals surface area contributed by atoms with E-state index >= 15 is 0 Å². The molecule has 0 N–H and O–H groups in total. The van der Waals surface area contributed by atoms with Crippen molar-refractivity contribution in [3.63, 3.8) is 0 Å². The van der Waals surface area contributed by atoms with Crippen LogP contribution in [0.5, 0.6) is 0 Å². The Morgan fingerprint density at radius 3 is 3.08 bits per heavy atom. The zero-order valence-corrected chi connectivity index (χ0v) is 14.0. The van der Waals surface area contributed by atoms with Crippen LogP contribution < -0.4 is 10.5 Å². The minimum Gasteiger partial charge on any atom is -0.350 e. The topological polar surface area (TPSA) is 68.3 Å². The highest BCUT2D eigenvalue weighted by molar-refractivity contribution is 5.47. The first-order valence-electron chi connectivity index (χ1n) is 8.95. The van der Waals surface area contributed by atoms with Crippen molar-refractivity contribution >= 4 is 11.5 Å². The Kier molecular flexibility index (Phi) is 3.33. The first-order valence-corrected chi connectivity index (χ1v) is 8.95. The Bertz CT molecular complexity index is 991. The standard InChI is InChI=1S/C18H20N6O/c25-18-11-13-3-1-5-15(13)20-24(18)12-14-4-2-9-22(14)17-7-6-16-19-8-10-23(16)21-17/h6-8,10-11,14H,1-5,9,12H2. The van der Waals surface area contributed by atoms with Crippen molar-refractivity contribution in [1.29, 1.82) is 0 Å². The number of hydrogen-bond acceptors (Lipinski definition) is 5. The summed E-state index contributed by atoms with van der Waals surface area (Å²) in [6, 6.07) is 6.03. The molecule has 0 bridgehead atoms. The Morgan fingerprint density at radius 1 is 1.16 bits per heavy atom. The van der Waals surface area contributed by atoms with E-state index < -0.39 is 0 Å². The summed E-state index contributed by atoms with van der Waals surface area (Å²) in [4.78, 5) is 18.9. The van der Waals surface area contributed by atoms with Crippen molar-refractivity contribution in [3.05, 3.63) is 52.2 Å². The summed E-state index contributed by atoms with van der Waals surface area (Å²) in [6.07, 6.45) is 8.85. The van der Waals surface area contributed by atoms with Gasteiger partial charge < -0.3 is 4.90 Å². The van der Waals surface area contributed by atoms with Crippen LogP contribution >= 0.6 is 0 Å². The molecule has 25 heavy (non-hydrogen) atoms. The predicted molar refractivity (Wildman–Crippen MR) is 93.9 cm³/mol. The van der Waals surface area contributed by atoms with E-state index in [4.69, 9.17) is 0 Å². The first-order chi connectivity index (χ1) is 12.3. The summed E-state index contributed by atoms with van der Waals surface area (Å²) < 4.78 is 3.45. The SMILES string of the molecule is O=c1cc2c(nn1CC1CCCN1c1ccc3nccn3n1)CCC2. The maximum atomic E-state index is 12.4. The van der Waals surface area contributed by atoms with Crippen LogP contribution in [0.1, 0.15) is 30.5 Å².